The molecule has 0 heterocycles. The van der Waals surface area contributed by atoms with Gasteiger partial charge in [-0.15, -0.1) is 0 Å². The molecule has 0 spiro atoms. The van der Waals surface area contributed by atoms with Crippen LogP contribution in [0.4, 0.5) is 0 Å². The quantitative estimate of drug-likeness (QED) is 0.782. The maximum absolute atomic E-state index is 5.07. The summed E-state index contributed by atoms with van der Waals surface area (Å²) in [5.74, 6) is 0.609. The van der Waals surface area contributed by atoms with Crippen LogP contribution in [0.5, 0.6) is 0 Å². The van der Waals surface area contributed by atoms with Gasteiger partial charge in [-0.25, -0.2) is 0 Å². The third-order valence-corrected chi connectivity index (χ3v) is 3.06. The Kier molecular flexibility index (Phi) is 6.23. The molecule has 1 aromatic carbocycles. The number of rotatable bonds is 7. The van der Waals surface area contributed by atoms with Gasteiger partial charge in [-0.3, -0.25) is 0 Å². The SMILES string of the molecule is COCCC(C)NCc1ccc(C(C)C)cc1. The van der Waals surface area contributed by atoms with Crippen LogP contribution in [0.3, 0.4) is 0 Å². The van der Waals surface area contributed by atoms with Gasteiger partial charge in [-0.05, 0) is 30.4 Å². The van der Waals surface area contributed by atoms with Crippen LogP contribution in [0.1, 0.15) is 44.2 Å². The molecule has 1 N–H and O–H groups in total. The molecule has 17 heavy (non-hydrogen) atoms. The fraction of sp³-hybridized carbons (Fsp3) is 0.600. The van der Waals surface area contributed by atoms with E-state index >= 15 is 0 Å². The highest BCUT2D eigenvalue weighted by Gasteiger charge is 2.02. The van der Waals surface area contributed by atoms with Gasteiger partial charge in [0.05, 0.1) is 0 Å². The largest absolute Gasteiger partial charge is 0.385 e. The summed E-state index contributed by atoms with van der Waals surface area (Å²) < 4.78 is 5.07. The zero-order valence-corrected chi connectivity index (χ0v) is 11.5. The zero-order chi connectivity index (χ0) is 12.7. The Morgan fingerprint density at radius 3 is 2.29 bits per heavy atom. The smallest absolute Gasteiger partial charge is 0.0476 e. The highest BCUT2D eigenvalue weighted by atomic mass is 16.5. The zero-order valence-electron chi connectivity index (χ0n) is 11.5. The Morgan fingerprint density at radius 1 is 1.12 bits per heavy atom. The maximum Gasteiger partial charge on any atom is 0.0476 e. The Labute approximate surface area is 105 Å². The number of nitrogens with one attached hydrogen (secondary N) is 1. The summed E-state index contributed by atoms with van der Waals surface area (Å²) in [4.78, 5) is 0. The molecule has 0 aliphatic heterocycles. The second kappa shape index (κ2) is 7.46. The van der Waals surface area contributed by atoms with E-state index < -0.39 is 0 Å². The van der Waals surface area contributed by atoms with Crippen molar-refractivity contribution in [2.45, 2.75) is 45.7 Å². The summed E-state index contributed by atoms with van der Waals surface area (Å²) in [6, 6.07) is 9.37. The number of hydrogen-bond donors (Lipinski definition) is 1. The van der Waals surface area contributed by atoms with E-state index in [2.05, 4.69) is 50.4 Å². The molecular weight excluding hydrogens is 210 g/mol. The van der Waals surface area contributed by atoms with Crippen LogP contribution in [-0.2, 0) is 11.3 Å². The first-order valence-corrected chi connectivity index (χ1v) is 6.44. The van der Waals surface area contributed by atoms with Crippen molar-refractivity contribution in [2.24, 2.45) is 0 Å². The normalized spacial score (nSPS) is 13.0. The average molecular weight is 235 g/mol. The van der Waals surface area contributed by atoms with Crippen molar-refractivity contribution in [1.82, 2.24) is 5.32 Å². The summed E-state index contributed by atoms with van der Waals surface area (Å²) >= 11 is 0. The molecule has 0 aliphatic carbocycles. The Morgan fingerprint density at radius 2 is 1.76 bits per heavy atom. The van der Waals surface area contributed by atoms with Gasteiger partial charge in [0.25, 0.3) is 0 Å². The standard InChI is InChI=1S/C15H25NO/c1-12(2)15-7-5-14(6-8-15)11-16-13(3)9-10-17-4/h5-8,12-13,16H,9-11H2,1-4H3. The molecule has 1 unspecified atom stereocenters. The molecule has 0 saturated heterocycles. The summed E-state index contributed by atoms with van der Waals surface area (Å²) in [5.41, 5.74) is 2.75. The van der Waals surface area contributed by atoms with Gasteiger partial charge >= 0.3 is 0 Å². The molecule has 0 radical (unpaired) electrons. The van der Waals surface area contributed by atoms with Crippen molar-refractivity contribution in [1.29, 1.82) is 0 Å². The molecule has 0 saturated carbocycles. The van der Waals surface area contributed by atoms with Gasteiger partial charge in [0.1, 0.15) is 0 Å². The van der Waals surface area contributed by atoms with Gasteiger partial charge < -0.3 is 10.1 Å². The molecular formula is C15H25NO. The molecule has 0 fully saturated rings. The van der Waals surface area contributed by atoms with E-state index in [4.69, 9.17) is 4.74 Å². The van der Waals surface area contributed by atoms with Crippen molar-refractivity contribution < 1.29 is 4.74 Å². The van der Waals surface area contributed by atoms with Crippen LogP contribution in [-0.4, -0.2) is 19.8 Å². The minimum Gasteiger partial charge on any atom is -0.385 e. The number of benzene rings is 1. The second-order valence-electron chi connectivity index (χ2n) is 4.96. The van der Waals surface area contributed by atoms with Gasteiger partial charge in [-0.1, -0.05) is 38.1 Å². The molecule has 1 atom stereocenters. The first-order chi connectivity index (χ1) is 8.13. The van der Waals surface area contributed by atoms with Crippen LogP contribution >= 0.6 is 0 Å². The highest BCUT2D eigenvalue weighted by Crippen LogP contribution is 2.14. The third-order valence-electron chi connectivity index (χ3n) is 3.06. The number of methoxy groups -OCH3 is 1. The molecule has 2 heteroatoms. The fourth-order valence-corrected chi connectivity index (χ4v) is 1.71. The molecule has 1 aromatic rings. The minimum atomic E-state index is 0.500. The van der Waals surface area contributed by atoms with E-state index in [1.807, 2.05) is 0 Å². The monoisotopic (exact) mass is 235 g/mol. The van der Waals surface area contributed by atoms with Crippen LogP contribution in [0, 0.1) is 0 Å². The molecule has 2 nitrogen and oxygen atoms in total. The highest BCUT2D eigenvalue weighted by molar-refractivity contribution is 5.24. The van der Waals surface area contributed by atoms with Crippen molar-refractivity contribution in [2.75, 3.05) is 13.7 Å². The molecule has 0 amide bonds. The Hall–Kier alpha value is -0.860. The van der Waals surface area contributed by atoms with Gasteiger partial charge in [0, 0.05) is 26.3 Å². The summed E-state index contributed by atoms with van der Waals surface area (Å²) in [5, 5.41) is 3.50. The van der Waals surface area contributed by atoms with E-state index in [9.17, 15) is 0 Å². The van der Waals surface area contributed by atoms with Crippen molar-refractivity contribution in [3.63, 3.8) is 0 Å². The van der Waals surface area contributed by atoms with Gasteiger partial charge in [-0.2, -0.15) is 0 Å². The maximum atomic E-state index is 5.07. The first-order valence-electron chi connectivity index (χ1n) is 6.44. The Balaban J connectivity index is 2.36. The van der Waals surface area contributed by atoms with Crippen LogP contribution in [0.15, 0.2) is 24.3 Å². The molecule has 0 aromatic heterocycles. The topological polar surface area (TPSA) is 21.3 Å². The van der Waals surface area contributed by atoms with Crippen molar-refractivity contribution in [3.05, 3.63) is 35.4 Å². The lowest BCUT2D eigenvalue weighted by molar-refractivity contribution is 0.184. The first kappa shape index (κ1) is 14.2. The van der Waals surface area contributed by atoms with Crippen molar-refractivity contribution >= 4 is 0 Å². The van der Waals surface area contributed by atoms with E-state index in [1.165, 1.54) is 11.1 Å². The van der Waals surface area contributed by atoms with Crippen molar-refractivity contribution in [3.8, 4) is 0 Å². The van der Waals surface area contributed by atoms with Gasteiger partial charge in [0.2, 0.25) is 0 Å². The second-order valence-corrected chi connectivity index (χ2v) is 4.96. The van der Waals surface area contributed by atoms with Crippen LogP contribution in [0.2, 0.25) is 0 Å². The summed E-state index contributed by atoms with van der Waals surface area (Å²) in [6.45, 7) is 8.39. The van der Waals surface area contributed by atoms with E-state index in [0.29, 0.717) is 12.0 Å². The lowest BCUT2D eigenvalue weighted by Crippen LogP contribution is -2.26. The third kappa shape index (κ3) is 5.33. The average Bonchev–Trinajstić information content (AvgIpc) is 2.34. The molecule has 96 valence electrons. The lowest BCUT2D eigenvalue weighted by atomic mass is 10.0. The van der Waals surface area contributed by atoms with Crippen LogP contribution in [0.25, 0.3) is 0 Å². The predicted molar refractivity (Wildman–Crippen MR) is 73.3 cm³/mol. The fourth-order valence-electron chi connectivity index (χ4n) is 1.71. The number of ether oxygens (including phenoxy) is 1. The predicted octanol–water partition coefficient (Wildman–Crippen LogP) is 3.32. The summed E-state index contributed by atoms with van der Waals surface area (Å²) in [6.07, 6.45) is 1.06. The van der Waals surface area contributed by atoms with E-state index in [1.54, 1.807) is 7.11 Å². The summed E-state index contributed by atoms with van der Waals surface area (Å²) in [7, 11) is 1.75. The number of hydrogen-bond acceptors (Lipinski definition) is 2. The Bertz CT molecular complexity index is 305. The van der Waals surface area contributed by atoms with E-state index in [-0.39, 0.29) is 0 Å². The molecule has 0 bridgehead atoms. The van der Waals surface area contributed by atoms with Crippen LogP contribution < -0.4 is 5.32 Å². The van der Waals surface area contributed by atoms with Gasteiger partial charge in [0.15, 0.2) is 0 Å². The molecule has 0 aliphatic rings. The molecule has 1 rings (SSSR count). The van der Waals surface area contributed by atoms with E-state index in [0.717, 1.165) is 19.6 Å². The lowest BCUT2D eigenvalue weighted by Gasteiger charge is -2.13. The minimum absolute atomic E-state index is 0.500.